The maximum atomic E-state index is 12.8. The fraction of sp³-hybridized carbons (Fsp3) is 0.263. The summed E-state index contributed by atoms with van der Waals surface area (Å²) in [7, 11) is 1.64. The number of amides is 1. The van der Waals surface area contributed by atoms with Gasteiger partial charge < -0.3 is 15.8 Å². The van der Waals surface area contributed by atoms with Crippen molar-refractivity contribution in [1.29, 1.82) is 0 Å². The highest BCUT2D eigenvalue weighted by atomic mass is 32.1. The number of fused-ring (bicyclic) bond motifs is 1. The lowest BCUT2D eigenvalue weighted by atomic mass is 10.1. The van der Waals surface area contributed by atoms with Crippen molar-refractivity contribution in [3.8, 4) is 0 Å². The number of hydrogen-bond donors (Lipinski definition) is 2. The van der Waals surface area contributed by atoms with E-state index in [1.807, 2.05) is 45.0 Å². The molecule has 130 valence electrons. The highest BCUT2D eigenvalue weighted by molar-refractivity contribution is 7.21. The van der Waals surface area contributed by atoms with Crippen LogP contribution in [0, 0.1) is 20.8 Å². The Bertz CT molecular complexity index is 963. The van der Waals surface area contributed by atoms with Crippen molar-refractivity contribution in [1.82, 2.24) is 4.98 Å². The van der Waals surface area contributed by atoms with Gasteiger partial charge in [0.05, 0.1) is 12.3 Å². The van der Waals surface area contributed by atoms with Crippen LogP contribution in [-0.2, 0) is 11.3 Å². The summed E-state index contributed by atoms with van der Waals surface area (Å²) < 4.78 is 5.26. The van der Waals surface area contributed by atoms with Crippen LogP contribution in [-0.4, -0.2) is 18.0 Å². The van der Waals surface area contributed by atoms with Crippen LogP contribution in [0.2, 0.25) is 0 Å². The first-order chi connectivity index (χ1) is 11.9. The van der Waals surface area contributed by atoms with E-state index < -0.39 is 0 Å². The van der Waals surface area contributed by atoms with Crippen molar-refractivity contribution in [2.45, 2.75) is 27.4 Å². The third kappa shape index (κ3) is 3.36. The molecular formula is C19H21N3O2S. The first-order valence-electron chi connectivity index (χ1n) is 7.96. The first-order valence-corrected chi connectivity index (χ1v) is 8.78. The molecule has 0 aliphatic heterocycles. The number of nitrogens with one attached hydrogen (secondary N) is 1. The average molecular weight is 355 g/mol. The van der Waals surface area contributed by atoms with Crippen LogP contribution in [0.25, 0.3) is 10.2 Å². The summed E-state index contributed by atoms with van der Waals surface area (Å²) in [5.74, 6) is -0.214. The number of nitrogens with two attached hydrogens (primary N) is 1. The van der Waals surface area contributed by atoms with Crippen molar-refractivity contribution >= 4 is 38.8 Å². The summed E-state index contributed by atoms with van der Waals surface area (Å²) in [6, 6.07) is 7.86. The van der Waals surface area contributed by atoms with Gasteiger partial charge in [-0.05, 0) is 44.0 Å². The minimum atomic E-state index is -0.214. The Morgan fingerprint density at radius 2 is 2.04 bits per heavy atom. The lowest BCUT2D eigenvalue weighted by molar-refractivity contribution is 0.103. The zero-order chi connectivity index (χ0) is 18.1. The van der Waals surface area contributed by atoms with Crippen LogP contribution in [0.1, 0.15) is 32.1 Å². The normalized spacial score (nSPS) is 11.0. The molecule has 6 heteroatoms. The summed E-state index contributed by atoms with van der Waals surface area (Å²) in [6.07, 6.45) is 0. The van der Waals surface area contributed by atoms with Gasteiger partial charge in [-0.2, -0.15) is 0 Å². The third-order valence-corrected chi connectivity index (χ3v) is 5.14. The molecule has 0 bridgehead atoms. The van der Waals surface area contributed by atoms with E-state index in [4.69, 9.17) is 10.5 Å². The van der Waals surface area contributed by atoms with Crippen LogP contribution in [0.3, 0.4) is 0 Å². The number of methoxy groups -OCH3 is 1. The number of anilines is 2. The van der Waals surface area contributed by atoms with Gasteiger partial charge in [0.15, 0.2) is 0 Å². The number of ether oxygens (including phenoxy) is 1. The highest BCUT2D eigenvalue weighted by Gasteiger charge is 2.20. The molecule has 0 fully saturated rings. The number of aromatic nitrogens is 1. The molecule has 0 aliphatic rings. The van der Waals surface area contributed by atoms with E-state index in [1.54, 1.807) is 7.11 Å². The summed E-state index contributed by atoms with van der Waals surface area (Å²) in [6.45, 7) is 6.34. The molecule has 0 atom stereocenters. The molecule has 25 heavy (non-hydrogen) atoms. The molecule has 5 nitrogen and oxygen atoms in total. The zero-order valence-electron chi connectivity index (χ0n) is 14.8. The molecule has 0 spiro atoms. The van der Waals surface area contributed by atoms with Gasteiger partial charge in [0.1, 0.15) is 9.71 Å². The lowest BCUT2D eigenvalue weighted by Crippen LogP contribution is -2.13. The van der Waals surface area contributed by atoms with E-state index >= 15 is 0 Å². The van der Waals surface area contributed by atoms with Crippen molar-refractivity contribution in [3.05, 3.63) is 51.5 Å². The molecule has 1 aromatic carbocycles. The van der Waals surface area contributed by atoms with Gasteiger partial charge in [0, 0.05) is 23.9 Å². The monoisotopic (exact) mass is 355 g/mol. The van der Waals surface area contributed by atoms with Gasteiger partial charge in [-0.3, -0.25) is 4.79 Å². The van der Waals surface area contributed by atoms with E-state index in [2.05, 4.69) is 10.3 Å². The van der Waals surface area contributed by atoms with Crippen molar-refractivity contribution in [3.63, 3.8) is 0 Å². The van der Waals surface area contributed by atoms with Crippen molar-refractivity contribution in [2.75, 3.05) is 18.2 Å². The van der Waals surface area contributed by atoms with Gasteiger partial charge in [-0.25, -0.2) is 4.98 Å². The number of thiophene rings is 1. The number of carbonyl (C=O) groups excluding carboxylic acids is 1. The third-order valence-electron chi connectivity index (χ3n) is 4.04. The Labute approximate surface area is 150 Å². The average Bonchev–Trinajstić information content (AvgIpc) is 2.87. The second-order valence-electron chi connectivity index (χ2n) is 6.15. The summed E-state index contributed by atoms with van der Waals surface area (Å²) in [5.41, 5.74) is 11.5. The SMILES string of the molecule is COCc1cc(C)nc2sc(C(=O)Nc3ccc(C)cc3C)c(N)c12. The maximum Gasteiger partial charge on any atom is 0.267 e. The molecular weight excluding hydrogens is 334 g/mol. The number of carbonyl (C=O) groups is 1. The second kappa shape index (κ2) is 6.82. The van der Waals surface area contributed by atoms with Gasteiger partial charge in [-0.15, -0.1) is 11.3 Å². The van der Waals surface area contributed by atoms with Gasteiger partial charge in [0.2, 0.25) is 0 Å². The molecule has 1 amide bonds. The van der Waals surface area contributed by atoms with Crippen molar-refractivity contribution in [2.24, 2.45) is 0 Å². The summed E-state index contributed by atoms with van der Waals surface area (Å²) in [5, 5.41) is 3.76. The predicted molar refractivity (Wildman–Crippen MR) is 103 cm³/mol. The van der Waals surface area contributed by atoms with Gasteiger partial charge in [0.25, 0.3) is 5.91 Å². The van der Waals surface area contributed by atoms with Crippen LogP contribution in [0.15, 0.2) is 24.3 Å². The summed E-state index contributed by atoms with van der Waals surface area (Å²) in [4.78, 5) is 18.5. The quantitative estimate of drug-likeness (QED) is 0.735. The van der Waals surface area contributed by atoms with E-state index in [0.717, 1.165) is 38.3 Å². The fourth-order valence-electron chi connectivity index (χ4n) is 2.91. The van der Waals surface area contributed by atoms with Gasteiger partial charge >= 0.3 is 0 Å². The number of aryl methyl sites for hydroxylation is 3. The molecule has 3 N–H and O–H groups in total. The van der Waals surface area contributed by atoms with Crippen LogP contribution < -0.4 is 11.1 Å². The van der Waals surface area contributed by atoms with Gasteiger partial charge in [-0.1, -0.05) is 17.7 Å². The maximum absolute atomic E-state index is 12.8. The molecule has 3 aromatic rings. The second-order valence-corrected chi connectivity index (χ2v) is 7.15. The Morgan fingerprint density at radius 3 is 2.72 bits per heavy atom. The molecule has 2 aromatic heterocycles. The fourth-order valence-corrected chi connectivity index (χ4v) is 3.99. The Kier molecular flexibility index (Phi) is 4.74. The van der Waals surface area contributed by atoms with E-state index in [9.17, 15) is 4.79 Å². The van der Waals surface area contributed by atoms with Crippen LogP contribution in [0.4, 0.5) is 11.4 Å². The molecule has 0 radical (unpaired) electrons. The largest absolute Gasteiger partial charge is 0.397 e. The standard InChI is InChI=1S/C19H21N3O2S/c1-10-5-6-14(11(2)7-10)22-18(23)17-16(20)15-13(9-24-4)8-12(3)21-19(15)25-17/h5-8H,9,20H2,1-4H3,(H,22,23). The van der Waals surface area contributed by atoms with Crippen LogP contribution >= 0.6 is 11.3 Å². The zero-order valence-corrected chi connectivity index (χ0v) is 15.6. The minimum Gasteiger partial charge on any atom is -0.397 e. The number of hydrogen-bond acceptors (Lipinski definition) is 5. The number of nitrogens with zero attached hydrogens (tertiary/aromatic N) is 1. The van der Waals surface area contributed by atoms with E-state index in [1.165, 1.54) is 11.3 Å². The predicted octanol–water partition coefficient (Wildman–Crippen LogP) is 4.20. The Balaban J connectivity index is 2.02. The molecule has 0 saturated carbocycles. The number of benzene rings is 1. The Morgan fingerprint density at radius 1 is 1.28 bits per heavy atom. The lowest BCUT2D eigenvalue weighted by Gasteiger charge is -2.09. The Hall–Kier alpha value is -2.44. The summed E-state index contributed by atoms with van der Waals surface area (Å²) >= 11 is 1.31. The minimum absolute atomic E-state index is 0.214. The number of nitrogen functional groups attached to an aromatic ring is 1. The first kappa shape index (κ1) is 17.4. The van der Waals surface area contributed by atoms with Crippen LogP contribution in [0.5, 0.6) is 0 Å². The topological polar surface area (TPSA) is 77.2 Å². The highest BCUT2D eigenvalue weighted by Crippen LogP contribution is 2.36. The number of pyridine rings is 1. The smallest absolute Gasteiger partial charge is 0.267 e. The number of rotatable bonds is 4. The van der Waals surface area contributed by atoms with Crippen molar-refractivity contribution < 1.29 is 9.53 Å². The molecule has 3 rings (SSSR count). The molecule has 0 aliphatic carbocycles. The van der Waals surface area contributed by atoms with E-state index in [0.29, 0.717) is 17.2 Å². The molecule has 2 heterocycles. The molecule has 0 saturated heterocycles. The van der Waals surface area contributed by atoms with E-state index in [-0.39, 0.29) is 5.91 Å². The molecule has 0 unspecified atom stereocenters.